The molecule has 2 rings (SSSR count). The van der Waals surface area contributed by atoms with Crippen molar-refractivity contribution in [3.8, 4) is 0 Å². The molecule has 0 spiro atoms. The van der Waals surface area contributed by atoms with Crippen LogP contribution in [0.15, 0.2) is 29.5 Å². The third-order valence-corrected chi connectivity index (χ3v) is 4.16. The zero-order valence-electron chi connectivity index (χ0n) is 13.8. The van der Waals surface area contributed by atoms with E-state index >= 15 is 0 Å². The van der Waals surface area contributed by atoms with E-state index < -0.39 is 23.6 Å². The summed E-state index contributed by atoms with van der Waals surface area (Å²) >= 11 is 4.08. The number of aliphatic hydroxyl groups excluding tert-OH is 1. The number of ether oxygens (including phenoxy) is 1. The van der Waals surface area contributed by atoms with Crippen molar-refractivity contribution < 1.29 is 32.6 Å². The highest BCUT2D eigenvalue weighted by Gasteiger charge is 2.35. The number of amides is 1. The highest BCUT2D eigenvalue weighted by Crippen LogP contribution is 2.34. The summed E-state index contributed by atoms with van der Waals surface area (Å²) in [6.45, 7) is -0.449. The van der Waals surface area contributed by atoms with Gasteiger partial charge in [0.15, 0.2) is 0 Å². The number of benzene rings is 1. The van der Waals surface area contributed by atoms with Crippen LogP contribution in [0.3, 0.4) is 0 Å². The number of nitrogens with one attached hydrogen (secondary N) is 1. The molecular formula is C16H17F3N2O4S. The zero-order chi connectivity index (χ0) is 19.5. The predicted octanol–water partition coefficient (Wildman–Crippen LogP) is 1.81. The molecule has 0 saturated carbocycles. The molecule has 26 heavy (non-hydrogen) atoms. The third-order valence-electron chi connectivity index (χ3n) is 3.82. The molecule has 1 aromatic rings. The molecule has 10 heteroatoms. The van der Waals surface area contributed by atoms with Crippen molar-refractivity contribution in [3.05, 3.63) is 40.6 Å². The van der Waals surface area contributed by atoms with Gasteiger partial charge in [-0.25, -0.2) is 4.79 Å². The molecule has 0 unspecified atom stereocenters. The zero-order valence-corrected chi connectivity index (χ0v) is 14.7. The molecule has 0 fully saturated rings. The van der Waals surface area contributed by atoms with Crippen LogP contribution in [0.2, 0.25) is 0 Å². The molecule has 6 nitrogen and oxygen atoms in total. The molecule has 1 heterocycles. The van der Waals surface area contributed by atoms with Crippen LogP contribution in [0.5, 0.6) is 0 Å². The second-order valence-electron chi connectivity index (χ2n) is 5.45. The highest BCUT2D eigenvalue weighted by atomic mass is 32.1. The molecule has 1 amide bonds. The maximum Gasteiger partial charge on any atom is 0.416 e. The van der Waals surface area contributed by atoms with Crippen molar-refractivity contribution in [3.63, 3.8) is 0 Å². The average Bonchev–Trinajstić information content (AvgIpc) is 2.90. The first kappa shape index (κ1) is 20.1. The maximum atomic E-state index is 13.0. The number of aliphatic hydroxyl groups is 1. The van der Waals surface area contributed by atoms with Crippen molar-refractivity contribution in [2.45, 2.75) is 11.9 Å². The van der Waals surface area contributed by atoms with Crippen LogP contribution in [-0.2, 0) is 26.3 Å². The Labute approximate surface area is 153 Å². The van der Waals surface area contributed by atoms with E-state index in [0.717, 1.165) is 19.2 Å². The lowest BCUT2D eigenvalue weighted by Gasteiger charge is -2.17. The van der Waals surface area contributed by atoms with Crippen molar-refractivity contribution in [2.75, 3.05) is 32.1 Å². The number of carbonyl (C=O) groups excluding carboxylic acids is 2. The number of methoxy groups -OCH3 is 1. The fraction of sp³-hybridized carbons (Fsp3) is 0.375. The molecule has 1 aromatic carbocycles. The summed E-state index contributed by atoms with van der Waals surface area (Å²) in [6, 6.07) is 3.03. The van der Waals surface area contributed by atoms with Gasteiger partial charge in [-0.2, -0.15) is 25.8 Å². The van der Waals surface area contributed by atoms with E-state index in [4.69, 9.17) is 5.11 Å². The first-order valence-corrected chi connectivity index (χ1v) is 8.15. The Bertz CT molecular complexity index is 750. The van der Waals surface area contributed by atoms with E-state index in [1.807, 2.05) is 0 Å². The van der Waals surface area contributed by atoms with Gasteiger partial charge in [0, 0.05) is 18.0 Å². The number of carbonyl (C=O) groups is 2. The Morgan fingerprint density at radius 2 is 2.12 bits per heavy atom. The van der Waals surface area contributed by atoms with E-state index in [1.54, 1.807) is 0 Å². The number of nitrogens with zero attached hydrogens (tertiary/aromatic N) is 1. The van der Waals surface area contributed by atoms with Crippen LogP contribution in [0.4, 0.5) is 18.9 Å². The van der Waals surface area contributed by atoms with Crippen LogP contribution in [0.25, 0.3) is 0 Å². The standard InChI is InChI=1S/C16H17F3N2O4S/c1-25-15(24)11-7-21(4-5-22)14(23)13(11)20-12-6-10(16(17,18)19)3-2-9(12)8-26/h2-3,6,20,22,26H,4-5,7-8H2,1H3. The molecule has 2 N–H and O–H groups in total. The van der Waals surface area contributed by atoms with Gasteiger partial charge in [0.25, 0.3) is 5.91 Å². The molecule has 0 bridgehead atoms. The Hall–Kier alpha value is -2.20. The lowest BCUT2D eigenvalue weighted by molar-refractivity contribution is -0.138. The van der Waals surface area contributed by atoms with Gasteiger partial charge in [-0.05, 0) is 17.7 Å². The first-order valence-electron chi connectivity index (χ1n) is 7.52. The number of rotatable bonds is 6. The van der Waals surface area contributed by atoms with Gasteiger partial charge in [-0.1, -0.05) is 6.07 Å². The summed E-state index contributed by atoms with van der Waals surface area (Å²) in [5.74, 6) is -1.27. The van der Waals surface area contributed by atoms with Gasteiger partial charge >= 0.3 is 12.1 Å². The number of esters is 1. The molecule has 142 valence electrons. The van der Waals surface area contributed by atoms with Crippen LogP contribution < -0.4 is 5.32 Å². The van der Waals surface area contributed by atoms with Gasteiger partial charge in [0.2, 0.25) is 0 Å². The lowest BCUT2D eigenvalue weighted by Crippen LogP contribution is -2.31. The minimum absolute atomic E-state index is 0.0189. The van der Waals surface area contributed by atoms with Crippen LogP contribution in [-0.4, -0.2) is 48.7 Å². The smallest absolute Gasteiger partial charge is 0.416 e. The lowest BCUT2D eigenvalue weighted by atomic mass is 10.1. The van der Waals surface area contributed by atoms with Crippen molar-refractivity contribution in [1.82, 2.24) is 4.90 Å². The second kappa shape index (κ2) is 8.00. The minimum atomic E-state index is -4.56. The van der Waals surface area contributed by atoms with Gasteiger partial charge in [-0.3, -0.25) is 4.79 Å². The topological polar surface area (TPSA) is 78.9 Å². The van der Waals surface area contributed by atoms with Gasteiger partial charge in [0.05, 0.1) is 31.4 Å². The number of hydrogen-bond donors (Lipinski definition) is 3. The number of hydrogen-bond acceptors (Lipinski definition) is 6. The Morgan fingerprint density at radius 1 is 1.42 bits per heavy atom. The molecular weight excluding hydrogens is 373 g/mol. The molecule has 0 aromatic heterocycles. The van der Waals surface area contributed by atoms with E-state index in [1.165, 1.54) is 11.0 Å². The number of β-amino-alcohol motifs (C(OH)–C–C–N with tert-alkyl or cyclic N) is 1. The first-order chi connectivity index (χ1) is 12.2. The molecule has 0 saturated heterocycles. The van der Waals surface area contributed by atoms with Gasteiger partial charge < -0.3 is 20.1 Å². The number of halogens is 3. The van der Waals surface area contributed by atoms with E-state index in [9.17, 15) is 22.8 Å². The highest BCUT2D eigenvalue weighted by molar-refractivity contribution is 7.79. The molecule has 0 radical (unpaired) electrons. The van der Waals surface area contributed by atoms with Crippen molar-refractivity contribution >= 4 is 30.2 Å². The second-order valence-corrected chi connectivity index (χ2v) is 5.76. The molecule has 1 aliphatic rings. The summed E-state index contributed by atoms with van der Waals surface area (Å²) in [7, 11) is 1.13. The normalized spacial score (nSPS) is 14.8. The number of alkyl halides is 3. The van der Waals surface area contributed by atoms with E-state index in [0.29, 0.717) is 5.56 Å². The van der Waals surface area contributed by atoms with Gasteiger partial charge in [-0.15, -0.1) is 0 Å². The number of thiol groups is 1. The molecule has 0 atom stereocenters. The number of anilines is 1. The summed E-state index contributed by atoms with van der Waals surface area (Å²) in [4.78, 5) is 25.6. The van der Waals surface area contributed by atoms with Gasteiger partial charge in [0.1, 0.15) is 5.70 Å². The summed E-state index contributed by atoms with van der Waals surface area (Å²) in [6.07, 6.45) is -4.56. The Kier molecular flexibility index (Phi) is 6.19. The fourth-order valence-corrected chi connectivity index (χ4v) is 2.77. The summed E-state index contributed by atoms with van der Waals surface area (Å²) < 4.78 is 43.6. The molecule has 1 aliphatic heterocycles. The van der Waals surface area contributed by atoms with Crippen LogP contribution in [0, 0.1) is 0 Å². The van der Waals surface area contributed by atoms with Crippen LogP contribution >= 0.6 is 12.6 Å². The van der Waals surface area contributed by atoms with Crippen molar-refractivity contribution in [1.29, 1.82) is 0 Å². The largest absolute Gasteiger partial charge is 0.466 e. The summed E-state index contributed by atoms with van der Waals surface area (Å²) in [5.41, 5.74) is -0.651. The Balaban J connectivity index is 2.46. The Morgan fingerprint density at radius 3 is 2.65 bits per heavy atom. The van der Waals surface area contributed by atoms with Crippen LogP contribution in [0.1, 0.15) is 11.1 Å². The SMILES string of the molecule is COC(=O)C1=C(Nc2cc(C(F)(F)F)ccc2CS)C(=O)N(CCO)C1. The monoisotopic (exact) mass is 390 g/mol. The average molecular weight is 390 g/mol. The predicted molar refractivity (Wildman–Crippen MR) is 90.5 cm³/mol. The third kappa shape index (κ3) is 4.13. The summed E-state index contributed by atoms with van der Waals surface area (Å²) in [5, 5.41) is 11.7. The maximum absolute atomic E-state index is 13.0. The van der Waals surface area contributed by atoms with Crippen molar-refractivity contribution in [2.24, 2.45) is 0 Å². The quantitative estimate of drug-likeness (QED) is 0.510. The minimum Gasteiger partial charge on any atom is -0.466 e. The molecule has 0 aliphatic carbocycles. The van der Waals surface area contributed by atoms with E-state index in [2.05, 4.69) is 22.7 Å². The fourth-order valence-electron chi connectivity index (χ4n) is 2.49. The van der Waals surface area contributed by atoms with E-state index in [-0.39, 0.29) is 42.4 Å².